The fourth-order valence-electron chi connectivity index (χ4n) is 4.51. The smallest absolute Gasteiger partial charge is 0.225 e. The van der Waals surface area contributed by atoms with Crippen molar-refractivity contribution in [2.45, 2.75) is 71.8 Å². The highest BCUT2D eigenvalue weighted by Gasteiger charge is 2.27. The number of hydrogen-bond donors (Lipinski definition) is 2. The van der Waals surface area contributed by atoms with Gasteiger partial charge in [0.25, 0.3) is 0 Å². The van der Waals surface area contributed by atoms with Crippen molar-refractivity contribution in [1.82, 2.24) is 20.4 Å². The molecule has 0 saturated carbocycles. The van der Waals surface area contributed by atoms with Gasteiger partial charge in [-0.2, -0.15) is 0 Å². The molecule has 2 heterocycles. The van der Waals surface area contributed by atoms with E-state index >= 15 is 0 Å². The van der Waals surface area contributed by atoms with Gasteiger partial charge < -0.3 is 20.4 Å². The molecule has 0 unspecified atom stereocenters. The summed E-state index contributed by atoms with van der Waals surface area (Å²) in [4.78, 5) is 21.6. The highest BCUT2D eigenvalue weighted by atomic mass is 16.2. The van der Waals surface area contributed by atoms with Crippen molar-refractivity contribution in [3.05, 3.63) is 0 Å². The number of rotatable bonds is 8. The quantitative estimate of drug-likeness (QED) is 0.492. The molecule has 0 radical (unpaired) electrons. The molecule has 1 amide bonds. The minimum atomic E-state index is 0.197. The number of nitrogens with zero attached hydrogens (tertiary/aromatic N) is 3. The van der Waals surface area contributed by atoms with Crippen molar-refractivity contribution < 1.29 is 4.79 Å². The van der Waals surface area contributed by atoms with E-state index in [-0.39, 0.29) is 5.92 Å². The zero-order valence-corrected chi connectivity index (χ0v) is 18.7. The van der Waals surface area contributed by atoms with Crippen molar-refractivity contribution in [2.24, 2.45) is 16.8 Å². The predicted molar refractivity (Wildman–Crippen MR) is 118 cm³/mol. The molecule has 0 atom stereocenters. The second-order valence-corrected chi connectivity index (χ2v) is 8.42. The normalized spacial score (nSPS) is 20.6. The number of carbonyl (C=O) groups is 1. The van der Waals surface area contributed by atoms with E-state index in [1.165, 1.54) is 38.9 Å². The average Bonchev–Trinajstić information content (AvgIpc) is 2.74. The van der Waals surface area contributed by atoms with E-state index in [2.05, 4.69) is 46.2 Å². The lowest BCUT2D eigenvalue weighted by Gasteiger charge is -2.35. The molecule has 2 saturated heterocycles. The van der Waals surface area contributed by atoms with Crippen LogP contribution in [0.15, 0.2) is 4.99 Å². The van der Waals surface area contributed by atoms with Gasteiger partial charge in [-0.3, -0.25) is 9.79 Å². The molecule has 2 N–H and O–H groups in total. The van der Waals surface area contributed by atoms with E-state index in [9.17, 15) is 4.79 Å². The van der Waals surface area contributed by atoms with Crippen LogP contribution in [0.2, 0.25) is 0 Å². The van der Waals surface area contributed by atoms with Gasteiger partial charge in [0, 0.05) is 38.6 Å². The van der Waals surface area contributed by atoms with E-state index in [0.29, 0.717) is 11.9 Å². The van der Waals surface area contributed by atoms with Gasteiger partial charge in [-0.25, -0.2) is 0 Å². The number of amides is 1. The van der Waals surface area contributed by atoms with Crippen LogP contribution in [0.3, 0.4) is 0 Å². The molecule has 162 valence electrons. The monoisotopic (exact) mass is 393 g/mol. The Bertz CT molecular complexity index is 475. The Kier molecular flexibility index (Phi) is 10.1. The van der Waals surface area contributed by atoms with Crippen molar-refractivity contribution in [3.63, 3.8) is 0 Å². The summed E-state index contributed by atoms with van der Waals surface area (Å²) in [5, 5.41) is 7.07. The van der Waals surface area contributed by atoms with Gasteiger partial charge in [0.05, 0.1) is 0 Å². The Morgan fingerprint density at radius 3 is 2.21 bits per heavy atom. The Hall–Kier alpha value is -1.30. The number of guanidine groups is 1. The zero-order valence-electron chi connectivity index (χ0n) is 18.7. The molecule has 6 nitrogen and oxygen atoms in total. The first-order valence-electron chi connectivity index (χ1n) is 11.6. The fraction of sp³-hybridized carbons (Fsp3) is 0.909. The minimum Gasteiger partial charge on any atom is -0.356 e. The van der Waals surface area contributed by atoms with Crippen LogP contribution in [0.25, 0.3) is 0 Å². The second kappa shape index (κ2) is 12.3. The van der Waals surface area contributed by atoms with Crippen molar-refractivity contribution in [2.75, 3.05) is 46.3 Å². The van der Waals surface area contributed by atoms with Crippen LogP contribution in [0.1, 0.15) is 65.7 Å². The topological polar surface area (TPSA) is 60.0 Å². The number of aliphatic imine (C=N–C) groups is 1. The summed E-state index contributed by atoms with van der Waals surface area (Å²) in [6.07, 6.45) is 7.77. The maximum atomic E-state index is 12.5. The van der Waals surface area contributed by atoms with Crippen LogP contribution >= 0.6 is 0 Å². The summed E-state index contributed by atoms with van der Waals surface area (Å²) in [7, 11) is 1.85. The van der Waals surface area contributed by atoms with E-state index < -0.39 is 0 Å². The SMILES string of the molecule is CCC(CC)C(=O)N1CCC(NC(=NC)NCCC2CCN(CC)CC2)CC1. The second-order valence-electron chi connectivity index (χ2n) is 8.42. The molecule has 2 aliphatic rings. The van der Waals surface area contributed by atoms with Crippen LogP contribution in [-0.2, 0) is 4.79 Å². The highest BCUT2D eigenvalue weighted by molar-refractivity contribution is 5.80. The third-order valence-corrected chi connectivity index (χ3v) is 6.71. The van der Waals surface area contributed by atoms with Gasteiger partial charge in [-0.15, -0.1) is 0 Å². The van der Waals surface area contributed by atoms with E-state index in [1.807, 2.05) is 7.05 Å². The molecular formula is C22H43N5O. The van der Waals surface area contributed by atoms with Crippen LogP contribution in [0, 0.1) is 11.8 Å². The first kappa shape index (κ1) is 23.0. The van der Waals surface area contributed by atoms with E-state index in [0.717, 1.165) is 57.2 Å². The Morgan fingerprint density at radius 1 is 1.04 bits per heavy atom. The molecule has 0 aromatic rings. The van der Waals surface area contributed by atoms with Crippen LogP contribution < -0.4 is 10.6 Å². The summed E-state index contributed by atoms with van der Waals surface area (Å²) >= 11 is 0. The number of piperidine rings is 2. The number of likely N-dealkylation sites (tertiary alicyclic amines) is 2. The molecule has 0 aliphatic carbocycles. The first-order chi connectivity index (χ1) is 13.6. The Balaban J connectivity index is 1.65. The van der Waals surface area contributed by atoms with Gasteiger partial charge in [-0.1, -0.05) is 20.8 Å². The molecule has 2 aliphatic heterocycles. The predicted octanol–water partition coefficient (Wildman–Crippen LogP) is 2.70. The summed E-state index contributed by atoms with van der Waals surface area (Å²) in [5.41, 5.74) is 0. The lowest BCUT2D eigenvalue weighted by Crippen LogP contribution is -2.50. The average molecular weight is 394 g/mol. The summed E-state index contributed by atoms with van der Waals surface area (Å²) in [6, 6.07) is 0.407. The molecular weight excluding hydrogens is 350 g/mol. The van der Waals surface area contributed by atoms with Crippen LogP contribution in [0.4, 0.5) is 0 Å². The van der Waals surface area contributed by atoms with E-state index in [4.69, 9.17) is 0 Å². The molecule has 0 bridgehead atoms. The molecule has 6 heteroatoms. The standard InChI is InChI=1S/C22H43N5O/c1-5-19(6-2)21(28)27-16-11-20(12-17-27)25-22(23-4)24-13-8-18-9-14-26(7-3)15-10-18/h18-20H,5-17H2,1-4H3,(H2,23,24,25). The minimum absolute atomic E-state index is 0.197. The molecule has 0 aromatic carbocycles. The molecule has 2 rings (SSSR count). The lowest BCUT2D eigenvalue weighted by molar-refractivity contribution is -0.136. The third kappa shape index (κ3) is 6.94. The van der Waals surface area contributed by atoms with Gasteiger partial charge >= 0.3 is 0 Å². The summed E-state index contributed by atoms with van der Waals surface area (Å²) < 4.78 is 0. The van der Waals surface area contributed by atoms with Gasteiger partial charge in [-0.05, 0) is 70.5 Å². The Morgan fingerprint density at radius 2 is 1.68 bits per heavy atom. The van der Waals surface area contributed by atoms with Gasteiger partial charge in [0.2, 0.25) is 5.91 Å². The van der Waals surface area contributed by atoms with E-state index in [1.54, 1.807) is 0 Å². The lowest BCUT2D eigenvalue weighted by atomic mass is 9.93. The summed E-state index contributed by atoms with van der Waals surface area (Å²) in [6.45, 7) is 12.9. The van der Waals surface area contributed by atoms with Crippen molar-refractivity contribution >= 4 is 11.9 Å². The van der Waals surface area contributed by atoms with Gasteiger partial charge in [0.1, 0.15) is 0 Å². The Labute approximate surface area is 172 Å². The zero-order chi connectivity index (χ0) is 20.4. The molecule has 0 aromatic heterocycles. The number of nitrogens with one attached hydrogen (secondary N) is 2. The largest absolute Gasteiger partial charge is 0.356 e. The fourth-order valence-corrected chi connectivity index (χ4v) is 4.51. The third-order valence-electron chi connectivity index (χ3n) is 6.71. The van der Waals surface area contributed by atoms with Gasteiger partial charge in [0.15, 0.2) is 5.96 Å². The van der Waals surface area contributed by atoms with Crippen LogP contribution in [0.5, 0.6) is 0 Å². The summed E-state index contributed by atoms with van der Waals surface area (Å²) in [5.74, 6) is 2.30. The van der Waals surface area contributed by atoms with Crippen molar-refractivity contribution in [3.8, 4) is 0 Å². The van der Waals surface area contributed by atoms with Crippen molar-refractivity contribution in [1.29, 1.82) is 0 Å². The highest BCUT2D eigenvalue weighted by Crippen LogP contribution is 2.20. The maximum Gasteiger partial charge on any atom is 0.225 e. The van der Waals surface area contributed by atoms with Crippen LogP contribution in [-0.4, -0.2) is 74.0 Å². The number of hydrogen-bond acceptors (Lipinski definition) is 3. The molecule has 0 spiro atoms. The molecule has 28 heavy (non-hydrogen) atoms. The first-order valence-corrected chi connectivity index (χ1v) is 11.6. The molecule has 2 fully saturated rings. The number of carbonyl (C=O) groups excluding carboxylic acids is 1. The maximum absolute atomic E-state index is 12.5.